The molecule has 1 heterocycles. The van der Waals surface area contributed by atoms with Crippen molar-refractivity contribution in [1.82, 2.24) is 9.80 Å². The predicted molar refractivity (Wildman–Crippen MR) is 116 cm³/mol. The van der Waals surface area contributed by atoms with E-state index in [4.69, 9.17) is 9.47 Å². The van der Waals surface area contributed by atoms with Gasteiger partial charge in [-0.05, 0) is 43.2 Å². The van der Waals surface area contributed by atoms with Crippen LogP contribution in [0.1, 0.15) is 24.5 Å². The minimum atomic E-state index is 0.0580. The molecule has 2 aromatic rings. The number of nitrogens with zero attached hydrogens (tertiary/aromatic N) is 2. The molecule has 5 heteroatoms. The van der Waals surface area contributed by atoms with E-state index in [0.717, 1.165) is 56.2 Å². The Morgan fingerprint density at radius 1 is 1.03 bits per heavy atom. The van der Waals surface area contributed by atoms with Crippen LogP contribution in [0.5, 0.6) is 11.5 Å². The van der Waals surface area contributed by atoms with Crippen molar-refractivity contribution >= 4 is 12.0 Å². The Hall–Kier alpha value is -2.79. The molecule has 0 N–H and O–H groups in total. The predicted octanol–water partition coefficient (Wildman–Crippen LogP) is 3.84. The van der Waals surface area contributed by atoms with Gasteiger partial charge in [-0.15, -0.1) is 0 Å². The number of amides is 1. The van der Waals surface area contributed by atoms with Crippen LogP contribution >= 0.6 is 0 Å². The number of hydrogen-bond acceptors (Lipinski definition) is 4. The molecule has 3 rings (SSSR count). The number of hydrogen-bond donors (Lipinski definition) is 0. The van der Waals surface area contributed by atoms with Crippen molar-refractivity contribution in [2.45, 2.75) is 19.9 Å². The minimum absolute atomic E-state index is 0.0580. The molecule has 1 fully saturated rings. The van der Waals surface area contributed by atoms with Gasteiger partial charge in [0, 0.05) is 44.4 Å². The zero-order valence-corrected chi connectivity index (χ0v) is 17.3. The highest BCUT2D eigenvalue weighted by Crippen LogP contribution is 2.20. The van der Waals surface area contributed by atoms with Gasteiger partial charge in [0.2, 0.25) is 5.91 Å². The normalized spacial score (nSPS) is 15.3. The molecule has 0 aliphatic carbocycles. The number of carbonyl (C=O) groups excluding carboxylic acids is 1. The lowest BCUT2D eigenvalue weighted by molar-refractivity contribution is -0.125. The van der Waals surface area contributed by atoms with Crippen LogP contribution in [0.3, 0.4) is 0 Å². The van der Waals surface area contributed by atoms with E-state index in [-0.39, 0.29) is 5.91 Å². The molecule has 154 valence electrons. The van der Waals surface area contributed by atoms with Crippen LogP contribution in [0, 0.1) is 0 Å². The van der Waals surface area contributed by atoms with Crippen LogP contribution in [0.15, 0.2) is 54.6 Å². The molecular weight excluding hydrogens is 364 g/mol. The van der Waals surface area contributed by atoms with Gasteiger partial charge in [-0.2, -0.15) is 0 Å². The highest BCUT2D eigenvalue weighted by molar-refractivity contribution is 5.92. The maximum Gasteiger partial charge on any atom is 0.246 e. The van der Waals surface area contributed by atoms with Crippen LogP contribution in [0.2, 0.25) is 0 Å². The molecule has 0 spiro atoms. The summed E-state index contributed by atoms with van der Waals surface area (Å²) in [5.41, 5.74) is 2.19. The largest absolute Gasteiger partial charge is 0.497 e. The first-order valence-electron chi connectivity index (χ1n) is 10.2. The fourth-order valence-corrected chi connectivity index (χ4v) is 3.51. The molecular formula is C24H30N2O3. The van der Waals surface area contributed by atoms with E-state index in [1.165, 1.54) is 5.56 Å². The molecule has 5 nitrogen and oxygen atoms in total. The smallest absolute Gasteiger partial charge is 0.246 e. The van der Waals surface area contributed by atoms with Gasteiger partial charge < -0.3 is 14.4 Å². The Labute approximate surface area is 173 Å². The van der Waals surface area contributed by atoms with Crippen LogP contribution < -0.4 is 9.47 Å². The van der Waals surface area contributed by atoms with Crippen molar-refractivity contribution in [3.05, 3.63) is 65.7 Å². The van der Waals surface area contributed by atoms with E-state index in [2.05, 4.69) is 17.0 Å². The number of ether oxygens (including phenoxy) is 2. The quantitative estimate of drug-likeness (QED) is 0.669. The summed E-state index contributed by atoms with van der Waals surface area (Å²) in [4.78, 5) is 17.0. The summed E-state index contributed by atoms with van der Waals surface area (Å²) < 4.78 is 10.9. The summed E-state index contributed by atoms with van der Waals surface area (Å²) in [6, 6.07) is 16.0. The first kappa shape index (κ1) is 20.9. The molecule has 1 saturated heterocycles. The Morgan fingerprint density at radius 2 is 1.83 bits per heavy atom. The summed E-state index contributed by atoms with van der Waals surface area (Å²) >= 11 is 0. The zero-order chi connectivity index (χ0) is 20.5. The van der Waals surface area contributed by atoms with Gasteiger partial charge in [0.25, 0.3) is 0 Å². The maximum absolute atomic E-state index is 12.7. The van der Waals surface area contributed by atoms with Crippen LogP contribution in [0.25, 0.3) is 6.08 Å². The highest BCUT2D eigenvalue weighted by Gasteiger charge is 2.17. The van der Waals surface area contributed by atoms with Crippen molar-refractivity contribution in [3.8, 4) is 11.5 Å². The number of rotatable bonds is 7. The number of methoxy groups -OCH3 is 1. The minimum Gasteiger partial charge on any atom is -0.497 e. The van der Waals surface area contributed by atoms with Crippen molar-refractivity contribution < 1.29 is 14.3 Å². The second kappa shape index (κ2) is 10.7. The van der Waals surface area contributed by atoms with E-state index >= 15 is 0 Å². The molecule has 1 amide bonds. The van der Waals surface area contributed by atoms with Crippen LogP contribution in [-0.4, -0.2) is 55.6 Å². The lowest BCUT2D eigenvalue weighted by Gasteiger charge is -2.21. The van der Waals surface area contributed by atoms with Gasteiger partial charge in [0.1, 0.15) is 11.5 Å². The fraction of sp³-hybridized carbons (Fsp3) is 0.375. The highest BCUT2D eigenvalue weighted by atomic mass is 16.5. The lowest BCUT2D eigenvalue weighted by atomic mass is 10.2. The molecule has 0 unspecified atom stereocenters. The Morgan fingerprint density at radius 3 is 2.59 bits per heavy atom. The van der Waals surface area contributed by atoms with Crippen molar-refractivity contribution in [1.29, 1.82) is 0 Å². The lowest BCUT2D eigenvalue weighted by Crippen LogP contribution is -2.34. The van der Waals surface area contributed by atoms with Crippen molar-refractivity contribution in [2.24, 2.45) is 0 Å². The topological polar surface area (TPSA) is 42.0 Å². The average Bonchev–Trinajstić information content (AvgIpc) is 2.99. The first-order chi connectivity index (χ1) is 14.2. The standard InChI is InChI=1S/C24H30N2O3/c1-3-29-23-8-5-4-7-21(23)11-14-24(27)26-16-6-15-25(17-18-26)19-20-9-12-22(28-2)13-10-20/h4-5,7-14H,3,6,15-19H2,1-2H3/b14-11+. The Balaban J connectivity index is 1.55. The molecule has 0 atom stereocenters. The fourth-order valence-electron chi connectivity index (χ4n) is 3.51. The zero-order valence-electron chi connectivity index (χ0n) is 17.3. The van der Waals surface area contributed by atoms with E-state index < -0.39 is 0 Å². The molecule has 0 aromatic heterocycles. The van der Waals surface area contributed by atoms with Crippen molar-refractivity contribution in [2.75, 3.05) is 39.9 Å². The Bertz CT molecular complexity index is 817. The van der Waals surface area contributed by atoms with Crippen LogP contribution in [0.4, 0.5) is 0 Å². The molecule has 0 radical (unpaired) electrons. The van der Waals surface area contributed by atoms with Gasteiger partial charge >= 0.3 is 0 Å². The third kappa shape index (κ3) is 6.09. The molecule has 1 aliphatic rings. The third-order valence-corrected chi connectivity index (χ3v) is 5.09. The average molecular weight is 395 g/mol. The number of carbonyl (C=O) groups is 1. The van der Waals surface area contributed by atoms with E-state index in [0.29, 0.717) is 6.61 Å². The maximum atomic E-state index is 12.7. The number of benzene rings is 2. The first-order valence-corrected chi connectivity index (χ1v) is 10.2. The summed E-state index contributed by atoms with van der Waals surface area (Å²) in [7, 11) is 1.68. The molecule has 2 aromatic carbocycles. The van der Waals surface area contributed by atoms with Gasteiger partial charge in [-0.3, -0.25) is 9.69 Å². The summed E-state index contributed by atoms with van der Waals surface area (Å²) in [6.07, 6.45) is 4.50. The summed E-state index contributed by atoms with van der Waals surface area (Å²) in [5.74, 6) is 1.74. The third-order valence-electron chi connectivity index (χ3n) is 5.09. The monoisotopic (exact) mass is 394 g/mol. The van der Waals surface area contributed by atoms with Gasteiger partial charge in [-0.25, -0.2) is 0 Å². The Kier molecular flexibility index (Phi) is 7.70. The molecule has 0 bridgehead atoms. The van der Waals surface area contributed by atoms with Gasteiger partial charge in [0.15, 0.2) is 0 Å². The number of para-hydroxylation sites is 1. The SMILES string of the molecule is CCOc1ccccc1/C=C/C(=O)N1CCCN(Cc2ccc(OC)cc2)CC1. The molecule has 0 saturated carbocycles. The van der Waals surface area contributed by atoms with E-state index in [9.17, 15) is 4.79 Å². The van der Waals surface area contributed by atoms with Crippen molar-refractivity contribution in [3.63, 3.8) is 0 Å². The van der Waals surface area contributed by atoms with Gasteiger partial charge in [0.05, 0.1) is 13.7 Å². The van der Waals surface area contributed by atoms with E-state index in [1.54, 1.807) is 13.2 Å². The van der Waals surface area contributed by atoms with E-state index in [1.807, 2.05) is 54.3 Å². The second-order valence-corrected chi connectivity index (χ2v) is 7.11. The summed E-state index contributed by atoms with van der Waals surface area (Å²) in [6.45, 7) is 6.86. The summed E-state index contributed by atoms with van der Waals surface area (Å²) in [5, 5.41) is 0. The van der Waals surface area contributed by atoms with Crippen LogP contribution in [-0.2, 0) is 11.3 Å². The molecule has 1 aliphatic heterocycles. The van der Waals surface area contributed by atoms with Gasteiger partial charge in [-0.1, -0.05) is 30.3 Å². The second-order valence-electron chi connectivity index (χ2n) is 7.11. The molecule has 29 heavy (non-hydrogen) atoms.